The van der Waals surface area contributed by atoms with Crippen molar-refractivity contribution in [1.82, 2.24) is 15.4 Å². The smallest absolute Gasteiger partial charge is 0.240 e. The first-order chi connectivity index (χ1) is 13.8. The van der Waals surface area contributed by atoms with Crippen molar-refractivity contribution >= 4 is 16.0 Å². The third kappa shape index (κ3) is 7.95. The van der Waals surface area contributed by atoms with Gasteiger partial charge in [-0.15, -0.1) is 0 Å². The van der Waals surface area contributed by atoms with Crippen molar-refractivity contribution < 1.29 is 13.2 Å². The van der Waals surface area contributed by atoms with Crippen molar-refractivity contribution in [3.05, 3.63) is 29.8 Å². The Bertz CT molecular complexity index is 768. The molecule has 1 aromatic carbocycles. The molecule has 1 aromatic rings. The van der Waals surface area contributed by atoms with Crippen molar-refractivity contribution in [3.63, 3.8) is 0 Å². The Morgan fingerprint density at radius 2 is 2.00 bits per heavy atom. The zero-order valence-electron chi connectivity index (χ0n) is 18.1. The van der Waals surface area contributed by atoms with Gasteiger partial charge in [0.2, 0.25) is 10.0 Å². The van der Waals surface area contributed by atoms with Crippen molar-refractivity contribution in [2.45, 2.75) is 63.9 Å². The van der Waals surface area contributed by atoms with Crippen LogP contribution in [0.5, 0.6) is 0 Å². The minimum absolute atomic E-state index is 0.244. The molecule has 8 heteroatoms. The summed E-state index contributed by atoms with van der Waals surface area (Å²) in [6.45, 7) is 8.46. The largest absolute Gasteiger partial charge is 0.383 e. The van der Waals surface area contributed by atoms with Gasteiger partial charge >= 0.3 is 0 Å². The molecule has 1 saturated carbocycles. The molecule has 0 atom stereocenters. The van der Waals surface area contributed by atoms with Crippen molar-refractivity contribution in [2.75, 3.05) is 26.8 Å². The minimum atomic E-state index is -3.55. The molecule has 0 bridgehead atoms. The molecule has 164 valence electrons. The van der Waals surface area contributed by atoms with Crippen LogP contribution in [0.2, 0.25) is 0 Å². The first kappa shape index (κ1) is 23.6. The molecular formula is C21H36N4O3S. The van der Waals surface area contributed by atoms with Crippen LogP contribution in [-0.2, 0) is 21.3 Å². The highest BCUT2D eigenvalue weighted by molar-refractivity contribution is 7.89. The van der Waals surface area contributed by atoms with Gasteiger partial charge in [-0.2, -0.15) is 0 Å². The fourth-order valence-corrected chi connectivity index (χ4v) is 4.48. The molecule has 1 aliphatic carbocycles. The van der Waals surface area contributed by atoms with Gasteiger partial charge in [0.05, 0.1) is 18.0 Å². The molecule has 0 amide bonds. The van der Waals surface area contributed by atoms with Crippen LogP contribution in [0.15, 0.2) is 34.2 Å². The summed E-state index contributed by atoms with van der Waals surface area (Å²) in [4.78, 5) is 4.92. The number of ether oxygens (including phenoxy) is 1. The van der Waals surface area contributed by atoms with E-state index in [0.29, 0.717) is 24.6 Å². The Hall–Kier alpha value is -1.64. The second kappa shape index (κ2) is 10.9. The van der Waals surface area contributed by atoms with Gasteiger partial charge in [0.1, 0.15) is 0 Å². The standard InChI is InChI=1S/C21H36N4O3S/c1-5-22-20(25-18-9-11-21(2,3)12-10-18)23-16-17-7-6-8-19(15-17)29(26,27)24-13-14-28-4/h6-8,15,18,24H,5,9-14,16H2,1-4H3,(H2,22,23,25). The molecular weight excluding hydrogens is 388 g/mol. The van der Waals surface area contributed by atoms with Gasteiger partial charge in [-0.25, -0.2) is 18.1 Å². The number of nitrogens with one attached hydrogen (secondary N) is 3. The highest BCUT2D eigenvalue weighted by atomic mass is 32.2. The van der Waals surface area contributed by atoms with Crippen molar-refractivity contribution in [2.24, 2.45) is 10.4 Å². The van der Waals surface area contributed by atoms with Crippen LogP contribution in [0, 0.1) is 5.41 Å². The quantitative estimate of drug-likeness (QED) is 0.322. The molecule has 1 aliphatic rings. The molecule has 0 aliphatic heterocycles. The fraction of sp³-hybridized carbons (Fsp3) is 0.667. The molecule has 1 fully saturated rings. The van der Waals surface area contributed by atoms with Gasteiger partial charge in [-0.1, -0.05) is 26.0 Å². The van der Waals surface area contributed by atoms with E-state index in [1.54, 1.807) is 18.2 Å². The van der Waals surface area contributed by atoms with E-state index in [1.807, 2.05) is 13.0 Å². The Morgan fingerprint density at radius 3 is 2.66 bits per heavy atom. The highest BCUT2D eigenvalue weighted by Crippen LogP contribution is 2.34. The average molecular weight is 425 g/mol. The van der Waals surface area contributed by atoms with E-state index in [4.69, 9.17) is 4.74 Å². The van der Waals surface area contributed by atoms with Crippen molar-refractivity contribution in [1.29, 1.82) is 0 Å². The van der Waals surface area contributed by atoms with Crippen LogP contribution in [0.25, 0.3) is 0 Å². The van der Waals surface area contributed by atoms with Gasteiger partial charge in [0.25, 0.3) is 0 Å². The summed E-state index contributed by atoms with van der Waals surface area (Å²) in [5, 5.41) is 6.83. The van der Waals surface area contributed by atoms with E-state index < -0.39 is 10.0 Å². The molecule has 7 nitrogen and oxygen atoms in total. The lowest BCUT2D eigenvalue weighted by Crippen LogP contribution is -2.45. The summed E-state index contributed by atoms with van der Waals surface area (Å²) in [7, 11) is -2.01. The molecule has 0 aromatic heterocycles. The number of methoxy groups -OCH3 is 1. The van der Waals surface area contributed by atoms with Gasteiger partial charge < -0.3 is 15.4 Å². The van der Waals surface area contributed by atoms with E-state index in [9.17, 15) is 8.42 Å². The van der Waals surface area contributed by atoms with Crippen LogP contribution < -0.4 is 15.4 Å². The van der Waals surface area contributed by atoms with Gasteiger partial charge in [-0.3, -0.25) is 0 Å². The van der Waals surface area contributed by atoms with Crippen LogP contribution in [0.4, 0.5) is 0 Å². The first-order valence-corrected chi connectivity index (χ1v) is 11.9. The number of guanidine groups is 1. The van der Waals surface area contributed by atoms with Gasteiger partial charge in [-0.05, 0) is 55.7 Å². The predicted octanol–water partition coefficient (Wildman–Crippen LogP) is 2.64. The Kier molecular flexibility index (Phi) is 8.92. The third-order valence-corrected chi connectivity index (χ3v) is 6.71. The molecule has 0 saturated heterocycles. The molecule has 0 heterocycles. The summed E-state index contributed by atoms with van der Waals surface area (Å²) >= 11 is 0. The molecule has 0 spiro atoms. The Morgan fingerprint density at radius 1 is 1.28 bits per heavy atom. The fourth-order valence-electron chi connectivity index (χ4n) is 3.40. The van der Waals surface area contributed by atoms with Crippen LogP contribution in [0.3, 0.4) is 0 Å². The average Bonchev–Trinajstić information content (AvgIpc) is 2.68. The maximum absolute atomic E-state index is 12.4. The lowest BCUT2D eigenvalue weighted by molar-refractivity contribution is 0.204. The summed E-state index contributed by atoms with van der Waals surface area (Å²) < 4.78 is 32.2. The predicted molar refractivity (Wildman–Crippen MR) is 117 cm³/mol. The first-order valence-electron chi connectivity index (χ1n) is 10.4. The Labute approximate surface area is 175 Å². The van der Waals surface area contributed by atoms with E-state index in [1.165, 1.54) is 20.0 Å². The summed E-state index contributed by atoms with van der Waals surface area (Å²) in [5.74, 6) is 0.781. The number of hydrogen-bond acceptors (Lipinski definition) is 4. The minimum Gasteiger partial charge on any atom is -0.383 e. The normalized spacial score (nSPS) is 17.9. The Balaban J connectivity index is 2.01. The third-order valence-electron chi connectivity index (χ3n) is 5.25. The SMILES string of the molecule is CCNC(=NCc1cccc(S(=O)(=O)NCCOC)c1)NC1CCC(C)(C)CC1. The lowest BCUT2D eigenvalue weighted by atomic mass is 9.75. The molecule has 0 radical (unpaired) electrons. The van der Waals surface area contributed by atoms with E-state index in [-0.39, 0.29) is 11.4 Å². The number of sulfonamides is 1. The van der Waals surface area contributed by atoms with E-state index >= 15 is 0 Å². The topological polar surface area (TPSA) is 91.8 Å². The van der Waals surface area contributed by atoms with E-state index in [0.717, 1.165) is 30.9 Å². The van der Waals surface area contributed by atoms with Gasteiger partial charge in [0.15, 0.2) is 5.96 Å². The van der Waals surface area contributed by atoms with Crippen molar-refractivity contribution in [3.8, 4) is 0 Å². The zero-order chi connectivity index (χ0) is 21.3. The molecule has 0 unspecified atom stereocenters. The second-order valence-electron chi connectivity index (χ2n) is 8.32. The maximum atomic E-state index is 12.4. The molecule has 3 N–H and O–H groups in total. The maximum Gasteiger partial charge on any atom is 0.240 e. The molecule has 29 heavy (non-hydrogen) atoms. The number of nitrogens with zero attached hydrogens (tertiary/aromatic N) is 1. The number of rotatable bonds is 9. The summed E-state index contributed by atoms with van der Waals surface area (Å²) in [6.07, 6.45) is 4.69. The molecule has 2 rings (SSSR count). The van der Waals surface area contributed by atoms with Crippen LogP contribution >= 0.6 is 0 Å². The summed E-state index contributed by atoms with van der Waals surface area (Å²) in [5.41, 5.74) is 1.28. The van der Waals surface area contributed by atoms with E-state index in [2.05, 4.69) is 34.2 Å². The lowest BCUT2D eigenvalue weighted by Gasteiger charge is -2.35. The highest BCUT2D eigenvalue weighted by Gasteiger charge is 2.27. The van der Waals surface area contributed by atoms with Gasteiger partial charge in [0, 0.05) is 26.2 Å². The van der Waals surface area contributed by atoms with Crippen LogP contribution in [0.1, 0.15) is 52.0 Å². The summed E-state index contributed by atoms with van der Waals surface area (Å²) in [6, 6.07) is 7.34. The number of aliphatic imine (C=N–C) groups is 1. The second-order valence-corrected chi connectivity index (χ2v) is 10.1. The number of hydrogen-bond donors (Lipinski definition) is 3. The number of benzene rings is 1. The zero-order valence-corrected chi connectivity index (χ0v) is 18.9. The monoisotopic (exact) mass is 424 g/mol. The van der Waals surface area contributed by atoms with Crippen LogP contribution in [-0.4, -0.2) is 47.2 Å².